The third kappa shape index (κ3) is 3.00. The van der Waals surface area contributed by atoms with Gasteiger partial charge in [0.1, 0.15) is 0 Å². The molecule has 94 valence electrons. The molecule has 0 atom stereocenters. The molecule has 1 aliphatic rings. The summed E-state index contributed by atoms with van der Waals surface area (Å²) in [5.74, 6) is 0. The Kier molecular flexibility index (Phi) is 4.05. The summed E-state index contributed by atoms with van der Waals surface area (Å²) < 4.78 is 0. The lowest BCUT2D eigenvalue weighted by Crippen LogP contribution is -2.43. The summed E-state index contributed by atoms with van der Waals surface area (Å²) in [6.45, 7) is 6.43. The predicted octanol–water partition coefficient (Wildman–Crippen LogP) is 3.17. The molecule has 1 saturated carbocycles. The number of urea groups is 1. The Labute approximate surface area is 107 Å². The highest BCUT2D eigenvalue weighted by molar-refractivity contribution is 7.07. The summed E-state index contributed by atoms with van der Waals surface area (Å²) in [6, 6.07) is 2.78. The summed E-state index contributed by atoms with van der Waals surface area (Å²) in [6.07, 6.45) is 2.33. The highest BCUT2D eigenvalue weighted by atomic mass is 32.1. The second-order valence-corrected chi connectivity index (χ2v) is 5.23. The van der Waals surface area contributed by atoms with Gasteiger partial charge in [-0.15, -0.1) is 0 Å². The van der Waals surface area contributed by atoms with Gasteiger partial charge in [0.2, 0.25) is 0 Å². The van der Waals surface area contributed by atoms with Crippen molar-refractivity contribution in [2.24, 2.45) is 0 Å². The van der Waals surface area contributed by atoms with E-state index < -0.39 is 0 Å². The van der Waals surface area contributed by atoms with Gasteiger partial charge in [0.05, 0.1) is 0 Å². The van der Waals surface area contributed by atoms with Gasteiger partial charge < -0.3 is 9.80 Å². The number of amides is 2. The molecule has 1 aromatic rings. The molecule has 0 unspecified atom stereocenters. The third-order valence-corrected chi connectivity index (χ3v) is 3.93. The lowest BCUT2D eigenvalue weighted by molar-refractivity contribution is 0.151. The Morgan fingerprint density at radius 2 is 2.12 bits per heavy atom. The molecule has 0 aliphatic heterocycles. The first kappa shape index (κ1) is 12.4. The lowest BCUT2D eigenvalue weighted by Gasteiger charge is -2.29. The lowest BCUT2D eigenvalue weighted by atomic mass is 10.3. The molecular formula is C13H20N2OS. The molecule has 17 heavy (non-hydrogen) atoms. The van der Waals surface area contributed by atoms with Gasteiger partial charge in [0.15, 0.2) is 0 Å². The highest BCUT2D eigenvalue weighted by Crippen LogP contribution is 2.29. The summed E-state index contributed by atoms with van der Waals surface area (Å²) in [5, 5.41) is 4.20. The first-order valence-corrected chi connectivity index (χ1v) is 7.27. The van der Waals surface area contributed by atoms with Crippen molar-refractivity contribution in [2.75, 3.05) is 13.1 Å². The van der Waals surface area contributed by atoms with Crippen LogP contribution in [-0.2, 0) is 6.54 Å². The first-order valence-electron chi connectivity index (χ1n) is 6.32. The fraction of sp³-hybridized carbons (Fsp3) is 0.615. The van der Waals surface area contributed by atoms with E-state index in [1.807, 2.05) is 23.6 Å². The van der Waals surface area contributed by atoms with Crippen molar-refractivity contribution in [3.8, 4) is 0 Å². The molecule has 0 bridgehead atoms. The molecule has 4 heteroatoms. The maximum Gasteiger partial charge on any atom is 0.320 e. The fourth-order valence-electron chi connectivity index (χ4n) is 1.99. The van der Waals surface area contributed by atoms with Crippen molar-refractivity contribution in [1.29, 1.82) is 0 Å². The second-order valence-electron chi connectivity index (χ2n) is 4.45. The molecule has 1 heterocycles. The molecule has 1 fully saturated rings. The monoisotopic (exact) mass is 252 g/mol. The van der Waals surface area contributed by atoms with E-state index in [1.54, 1.807) is 11.3 Å². The Hall–Kier alpha value is -1.03. The average molecular weight is 252 g/mol. The van der Waals surface area contributed by atoms with Crippen molar-refractivity contribution in [3.63, 3.8) is 0 Å². The zero-order chi connectivity index (χ0) is 12.3. The van der Waals surface area contributed by atoms with Crippen LogP contribution < -0.4 is 0 Å². The van der Waals surface area contributed by atoms with Crippen molar-refractivity contribution in [1.82, 2.24) is 9.80 Å². The van der Waals surface area contributed by atoms with E-state index in [0.717, 1.165) is 32.5 Å². The van der Waals surface area contributed by atoms with E-state index in [4.69, 9.17) is 0 Å². The minimum absolute atomic E-state index is 0.198. The van der Waals surface area contributed by atoms with E-state index in [1.165, 1.54) is 5.56 Å². The average Bonchev–Trinajstić information content (AvgIpc) is 3.05. The van der Waals surface area contributed by atoms with Crippen molar-refractivity contribution in [3.05, 3.63) is 22.4 Å². The smallest absolute Gasteiger partial charge is 0.320 e. The van der Waals surface area contributed by atoms with Crippen LogP contribution >= 0.6 is 11.3 Å². The summed E-state index contributed by atoms with van der Waals surface area (Å²) >= 11 is 1.69. The maximum absolute atomic E-state index is 12.4. The number of thiophene rings is 1. The number of hydrogen-bond acceptors (Lipinski definition) is 2. The number of carbonyl (C=O) groups excluding carboxylic acids is 1. The molecular weight excluding hydrogens is 232 g/mol. The van der Waals surface area contributed by atoms with E-state index in [2.05, 4.69) is 16.8 Å². The van der Waals surface area contributed by atoms with Crippen LogP contribution in [0.3, 0.4) is 0 Å². The first-order chi connectivity index (χ1) is 8.26. The van der Waals surface area contributed by atoms with Crippen LogP contribution in [0.15, 0.2) is 16.8 Å². The van der Waals surface area contributed by atoms with Crippen LogP contribution in [0.2, 0.25) is 0 Å². The van der Waals surface area contributed by atoms with Crippen LogP contribution in [0.5, 0.6) is 0 Å². The van der Waals surface area contributed by atoms with Crippen molar-refractivity contribution in [2.45, 2.75) is 39.3 Å². The zero-order valence-corrected chi connectivity index (χ0v) is 11.4. The summed E-state index contributed by atoms with van der Waals surface area (Å²) in [7, 11) is 0. The van der Waals surface area contributed by atoms with Gasteiger partial charge in [-0.2, -0.15) is 11.3 Å². The third-order valence-electron chi connectivity index (χ3n) is 3.20. The van der Waals surface area contributed by atoms with E-state index >= 15 is 0 Å². The Balaban J connectivity index is 2.04. The minimum atomic E-state index is 0.198. The maximum atomic E-state index is 12.4. The van der Waals surface area contributed by atoms with Crippen LogP contribution in [0.1, 0.15) is 32.3 Å². The van der Waals surface area contributed by atoms with E-state index in [9.17, 15) is 4.79 Å². The van der Waals surface area contributed by atoms with Gasteiger partial charge in [-0.3, -0.25) is 0 Å². The highest BCUT2D eigenvalue weighted by Gasteiger charge is 2.34. The van der Waals surface area contributed by atoms with Gasteiger partial charge in [-0.1, -0.05) is 0 Å². The summed E-state index contributed by atoms with van der Waals surface area (Å²) in [5.41, 5.74) is 1.25. The molecule has 0 N–H and O–H groups in total. The molecule has 2 rings (SSSR count). The van der Waals surface area contributed by atoms with Crippen LogP contribution in [0.4, 0.5) is 4.79 Å². The predicted molar refractivity (Wildman–Crippen MR) is 71.2 cm³/mol. The number of carbonyl (C=O) groups is 1. The topological polar surface area (TPSA) is 23.6 Å². The molecule has 1 aliphatic carbocycles. The van der Waals surface area contributed by atoms with Gasteiger partial charge in [-0.25, -0.2) is 4.79 Å². The number of hydrogen-bond donors (Lipinski definition) is 0. The number of rotatable bonds is 5. The Morgan fingerprint density at radius 1 is 1.41 bits per heavy atom. The molecule has 2 amide bonds. The van der Waals surface area contributed by atoms with E-state index in [0.29, 0.717) is 6.04 Å². The van der Waals surface area contributed by atoms with Crippen molar-refractivity contribution < 1.29 is 4.79 Å². The molecule has 3 nitrogen and oxygen atoms in total. The standard InChI is InChI=1S/C13H20N2OS/c1-3-14(4-2)13(16)15(12-5-6-12)9-11-7-8-17-10-11/h7-8,10,12H,3-6,9H2,1-2H3. The molecule has 1 aromatic heterocycles. The van der Waals surface area contributed by atoms with Gasteiger partial charge in [-0.05, 0) is 49.1 Å². The van der Waals surface area contributed by atoms with Gasteiger partial charge in [0.25, 0.3) is 0 Å². The van der Waals surface area contributed by atoms with Gasteiger partial charge in [0, 0.05) is 25.7 Å². The van der Waals surface area contributed by atoms with E-state index in [-0.39, 0.29) is 6.03 Å². The largest absolute Gasteiger partial charge is 0.325 e. The summed E-state index contributed by atoms with van der Waals surface area (Å²) in [4.78, 5) is 16.3. The molecule has 0 radical (unpaired) electrons. The van der Waals surface area contributed by atoms with Gasteiger partial charge >= 0.3 is 6.03 Å². The molecule has 0 saturated heterocycles. The Morgan fingerprint density at radius 3 is 2.59 bits per heavy atom. The molecule has 0 spiro atoms. The number of nitrogens with zero attached hydrogens (tertiary/aromatic N) is 2. The van der Waals surface area contributed by atoms with Crippen LogP contribution in [0.25, 0.3) is 0 Å². The van der Waals surface area contributed by atoms with Crippen molar-refractivity contribution >= 4 is 17.4 Å². The zero-order valence-electron chi connectivity index (χ0n) is 10.6. The second kappa shape index (κ2) is 5.54. The normalized spacial score (nSPS) is 14.7. The fourth-order valence-corrected chi connectivity index (χ4v) is 2.65. The minimum Gasteiger partial charge on any atom is -0.325 e. The van der Waals surface area contributed by atoms with Crippen LogP contribution in [0, 0.1) is 0 Å². The van der Waals surface area contributed by atoms with Crippen LogP contribution in [-0.4, -0.2) is 35.0 Å². The Bertz CT molecular complexity index is 356. The SMILES string of the molecule is CCN(CC)C(=O)N(Cc1ccsc1)C1CC1. The quantitative estimate of drug-likeness (QED) is 0.789. The molecule has 0 aromatic carbocycles.